The SMILES string of the molecule is COc1ccc2c3c(c4cc(OC)c(OC)cc4c2c1)C[C@@H]1CCN(CC(C)C)CN1C3. The predicted octanol–water partition coefficient (Wildman–Crippen LogP) is 5.06. The number of ether oxygens (including phenoxy) is 3. The lowest BCUT2D eigenvalue weighted by Crippen LogP contribution is -2.53. The van der Waals surface area contributed by atoms with Crippen LogP contribution in [0.4, 0.5) is 0 Å². The lowest BCUT2D eigenvalue weighted by molar-refractivity contribution is 0.0206. The highest BCUT2D eigenvalue weighted by Gasteiger charge is 2.33. The summed E-state index contributed by atoms with van der Waals surface area (Å²) in [6.45, 7) is 9.03. The smallest absolute Gasteiger partial charge is 0.161 e. The largest absolute Gasteiger partial charge is 0.497 e. The zero-order valence-corrected chi connectivity index (χ0v) is 19.9. The molecule has 5 rings (SSSR count). The summed E-state index contributed by atoms with van der Waals surface area (Å²) >= 11 is 0. The fraction of sp³-hybridized carbons (Fsp3) is 0.481. The highest BCUT2D eigenvalue weighted by atomic mass is 16.5. The summed E-state index contributed by atoms with van der Waals surface area (Å²) in [7, 11) is 5.15. The van der Waals surface area contributed by atoms with Gasteiger partial charge in [-0.3, -0.25) is 9.80 Å². The maximum absolute atomic E-state index is 5.68. The van der Waals surface area contributed by atoms with Crippen molar-refractivity contribution < 1.29 is 14.2 Å². The molecule has 0 radical (unpaired) electrons. The number of rotatable bonds is 5. The Bertz CT molecular complexity index is 1160. The van der Waals surface area contributed by atoms with Gasteiger partial charge in [0.05, 0.1) is 28.0 Å². The normalized spacial score (nSPS) is 19.2. The molecular formula is C27H34N2O3. The number of hydrogen-bond donors (Lipinski definition) is 0. The second-order valence-corrected chi connectivity index (χ2v) is 9.63. The molecule has 1 fully saturated rings. The Balaban J connectivity index is 1.69. The summed E-state index contributed by atoms with van der Waals surface area (Å²) in [5, 5.41) is 5.03. The standard InChI is InChI=1S/C27H34N2O3/c1-17(2)14-28-9-8-18-10-21-23-12-26(31-4)27(32-5)13-24(23)22-11-19(30-3)6-7-20(22)25(21)15-29(18)16-28/h6-7,11-13,17-18H,8-10,14-16H2,1-5H3/t18-/m0/s1. The monoisotopic (exact) mass is 434 g/mol. The third-order valence-corrected chi connectivity index (χ3v) is 7.16. The summed E-state index contributed by atoms with van der Waals surface area (Å²) < 4.78 is 16.9. The molecule has 2 heterocycles. The van der Waals surface area contributed by atoms with Gasteiger partial charge in [-0.25, -0.2) is 0 Å². The van der Waals surface area contributed by atoms with Crippen molar-refractivity contribution in [3.8, 4) is 17.2 Å². The van der Waals surface area contributed by atoms with Gasteiger partial charge in [-0.15, -0.1) is 0 Å². The van der Waals surface area contributed by atoms with Crippen molar-refractivity contribution in [3.05, 3.63) is 41.5 Å². The molecule has 170 valence electrons. The van der Waals surface area contributed by atoms with Crippen LogP contribution in [0.3, 0.4) is 0 Å². The number of methoxy groups -OCH3 is 3. The van der Waals surface area contributed by atoms with Gasteiger partial charge in [-0.05, 0) is 75.7 Å². The summed E-state index contributed by atoms with van der Waals surface area (Å²) in [6, 6.07) is 11.4. The van der Waals surface area contributed by atoms with Crippen molar-refractivity contribution in [2.24, 2.45) is 5.92 Å². The van der Waals surface area contributed by atoms with Gasteiger partial charge >= 0.3 is 0 Å². The first-order valence-electron chi connectivity index (χ1n) is 11.7. The molecule has 2 aliphatic rings. The van der Waals surface area contributed by atoms with Crippen molar-refractivity contribution >= 4 is 21.5 Å². The zero-order valence-electron chi connectivity index (χ0n) is 19.9. The molecule has 0 spiro atoms. The first-order chi connectivity index (χ1) is 15.5. The molecule has 2 aliphatic heterocycles. The van der Waals surface area contributed by atoms with Crippen LogP contribution in [0.15, 0.2) is 30.3 Å². The van der Waals surface area contributed by atoms with Crippen LogP contribution in [0.25, 0.3) is 21.5 Å². The van der Waals surface area contributed by atoms with Crippen molar-refractivity contribution in [2.75, 3.05) is 41.1 Å². The first kappa shape index (κ1) is 21.4. The Morgan fingerprint density at radius 1 is 0.875 bits per heavy atom. The molecule has 3 aromatic carbocycles. The molecule has 1 atom stereocenters. The summed E-state index contributed by atoms with van der Waals surface area (Å²) in [6.07, 6.45) is 2.31. The van der Waals surface area contributed by atoms with Crippen LogP contribution in [0.1, 0.15) is 31.4 Å². The highest BCUT2D eigenvalue weighted by molar-refractivity contribution is 6.12. The van der Waals surface area contributed by atoms with E-state index in [2.05, 4.69) is 54.0 Å². The van der Waals surface area contributed by atoms with Crippen LogP contribution in [0.2, 0.25) is 0 Å². The van der Waals surface area contributed by atoms with Crippen LogP contribution < -0.4 is 14.2 Å². The maximum Gasteiger partial charge on any atom is 0.161 e. The van der Waals surface area contributed by atoms with Gasteiger partial charge in [0.2, 0.25) is 0 Å². The molecule has 0 unspecified atom stereocenters. The molecule has 1 saturated heterocycles. The van der Waals surface area contributed by atoms with Crippen molar-refractivity contribution in [1.29, 1.82) is 0 Å². The van der Waals surface area contributed by atoms with Gasteiger partial charge in [-0.1, -0.05) is 19.9 Å². The van der Waals surface area contributed by atoms with Crippen LogP contribution in [-0.2, 0) is 13.0 Å². The van der Waals surface area contributed by atoms with Crippen LogP contribution in [0.5, 0.6) is 17.2 Å². The molecule has 0 amide bonds. The van der Waals surface area contributed by atoms with E-state index in [4.69, 9.17) is 14.2 Å². The summed E-state index contributed by atoms with van der Waals surface area (Å²) in [5.74, 6) is 3.13. The van der Waals surface area contributed by atoms with E-state index in [1.807, 2.05) is 0 Å². The van der Waals surface area contributed by atoms with E-state index in [-0.39, 0.29) is 0 Å². The molecular weight excluding hydrogens is 400 g/mol. The van der Waals surface area contributed by atoms with E-state index in [9.17, 15) is 0 Å². The van der Waals surface area contributed by atoms with Gasteiger partial charge in [0.1, 0.15) is 5.75 Å². The Morgan fingerprint density at radius 2 is 1.59 bits per heavy atom. The Morgan fingerprint density at radius 3 is 2.28 bits per heavy atom. The molecule has 0 aromatic heterocycles. The summed E-state index contributed by atoms with van der Waals surface area (Å²) in [4.78, 5) is 5.30. The fourth-order valence-electron chi connectivity index (χ4n) is 5.70. The minimum atomic E-state index is 0.595. The lowest BCUT2D eigenvalue weighted by atomic mass is 9.83. The number of benzene rings is 3. The van der Waals surface area contributed by atoms with Crippen LogP contribution in [0, 0.1) is 5.92 Å². The second-order valence-electron chi connectivity index (χ2n) is 9.63. The van der Waals surface area contributed by atoms with Crippen molar-refractivity contribution in [2.45, 2.75) is 39.3 Å². The summed E-state index contributed by atoms with van der Waals surface area (Å²) in [5.41, 5.74) is 2.92. The third-order valence-electron chi connectivity index (χ3n) is 7.16. The van der Waals surface area contributed by atoms with E-state index < -0.39 is 0 Å². The first-order valence-corrected chi connectivity index (χ1v) is 11.7. The maximum atomic E-state index is 5.68. The molecule has 5 nitrogen and oxygen atoms in total. The Kier molecular flexibility index (Phi) is 5.64. The lowest BCUT2D eigenvalue weighted by Gasteiger charge is -2.45. The molecule has 0 N–H and O–H groups in total. The topological polar surface area (TPSA) is 34.2 Å². The third kappa shape index (κ3) is 3.57. The predicted molar refractivity (Wildman–Crippen MR) is 130 cm³/mol. The Hall–Kier alpha value is -2.50. The number of fused-ring (bicyclic) bond motifs is 7. The average Bonchev–Trinajstić information content (AvgIpc) is 2.81. The van der Waals surface area contributed by atoms with Gasteiger partial charge in [0.15, 0.2) is 11.5 Å². The molecule has 0 bridgehead atoms. The van der Waals surface area contributed by atoms with Crippen molar-refractivity contribution in [3.63, 3.8) is 0 Å². The van der Waals surface area contributed by atoms with Gasteiger partial charge in [-0.2, -0.15) is 0 Å². The van der Waals surface area contributed by atoms with E-state index in [1.54, 1.807) is 21.3 Å². The van der Waals surface area contributed by atoms with Crippen LogP contribution in [-0.4, -0.2) is 56.9 Å². The molecule has 0 saturated carbocycles. The molecule has 5 heteroatoms. The van der Waals surface area contributed by atoms with Gasteiger partial charge < -0.3 is 14.2 Å². The molecule has 0 aliphatic carbocycles. The Labute approximate surface area is 190 Å². The quantitative estimate of drug-likeness (QED) is 0.524. The zero-order chi connectivity index (χ0) is 22.4. The minimum absolute atomic E-state index is 0.595. The van der Waals surface area contributed by atoms with Crippen LogP contribution >= 0.6 is 0 Å². The van der Waals surface area contributed by atoms with E-state index in [0.717, 1.165) is 36.9 Å². The fourth-order valence-corrected chi connectivity index (χ4v) is 5.70. The number of hydrogen-bond acceptors (Lipinski definition) is 5. The highest BCUT2D eigenvalue weighted by Crippen LogP contribution is 2.43. The second kappa shape index (κ2) is 8.45. The molecule has 3 aromatic rings. The minimum Gasteiger partial charge on any atom is -0.497 e. The number of nitrogens with zero attached hydrogens (tertiary/aromatic N) is 2. The van der Waals surface area contributed by atoms with E-state index in [0.29, 0.717) is 12.0 Å². The van der Waals surface area contributed by atoms with Gasteiger partial charge in [0.25, 0.3) is 0 Å². The van der Waals surface area contributed by atoms with E-state index >= 15 is 0 Å². The average molecular weight is 435 g/mol. The van der Waals surface area contributed by atoms with Crippen molar-refractivity contribution in [1.82, 2.24) is 9.80 Å². The molecule has 32 heavy (non-hydrogen) atoms. The van der Waals surface area contributed by atoms with Gasteiger partial charge in [0, 0.05) is 25.7 Å². The van der Waals surface area contributed by atoms with E-state index in [1.165, 1.54) is 52.2 Å².